The molecule has 0 rings (SSSR count). The summed E-state index contributed by atoms with van der Waals surface area (Å²) in [6.45, 7) is 2.25. The number of hydrogen-bond acceptors (Lipinski definition) is 2. The number of hydrogen-bond donors (Lipinski definition) is 1. The van der Waals surface area contributed by atoms with Crippen LogP contribution in [-0.2, 0) is 4.79 Å². The quantitative estimate of drug-likeness (QED) is 0.352. The Labute approximate surface area is 123 Å². The average molecular weight is 291 g/mol. The molecule has 1 N–H and O–H groups in total. The van der Waals surface area contributed by atoms with Gasteiger partial charge in [0.2, 0.25) is 5.24 Å². The molecule has 0 aliphatic heterocycles. The first-order valence-electron chi connectivity index (χ1n) is 8.03. The van der Waals surface area contributed by atoms with E-state index < -0.39 is 11.3 Å². The van der Waals surface area contributed by atoms with E-state index >= 15 is 0 Å². The molecule has 0 amide bonds. The van der Waals surface area contributed by atoms with E-state index in [0.29, 0.717) is 6.42 Å². The predicted molar refractivity (Wildman–Crippen MR) is 82.6 cm³/mol. The Kier molecular flexibility index (Phi) is 14.3. The zero-order valence-corrected chi connectivity index (χ0v) is 13.3. The Hall–Kier alpha value is -0.0800. The Morgan fingerprint density at radius 3 is 1.74 bits per heavy atom. The number of aliphatic hydroxyl groups excluding tert-OH is 1. The summed E-state index contributed by atoms with van der Waals surface area (Å²) in [5.74, 6) is 0. The Morgan fingerprint density at radius 2 is 1.32 bits per heavy atom. The highest BCUT2D eigenvalue weighted by atomic mass is 35.5. The molecular weight excluding hydrogens is 260 g/mol. The Balaban J connectivity index is 3.08. The van der Waals surface area contributed by atoms with Crippen LogP contribution in [0.1, 0.15) is 90.4 Å². The number of aliphatic hydroxyl groups is 1. The molecule has 1 atom stereocenters. The molecule has 0 aromatic carbocycles. The smallest absolute Gasteiger partial charge is 0.224 e. The molecule has 1 unspecified atom stereocenters. The van der Waals surface area contributed by atoms with Crippen LogP contribution in [0.3, 0.4) is 0 Å². The molecule has 2 nitrogen and oxygen atoms in total. The van der Waals surface area contributed by atoms with Crippen molar-refractivity contribution in [3.63, 3.8) is 0 Å². The number of halogens is 1. The molecule has 0 aromatic heterocycles. The van der Waals surface area contributed by atoms with Gasteiger partial charge in [0.1, 0.15) is 0 Å². The average Bonchev–Trinajstić information content (AvgIpc) is 2.35. The van der Waals surface area contributed by atoms with Crippen LogP contribution in [0, 0.1) is 0 Å². The van der Waals surface area contributed by atoms with Crippen molar-refractivity contribution in [2.24, 2.45) is 0 Å². The van der Waals surface area contributed by atoms with Crippen molar-refractivity contribution in [3.05, 3.63) is 0 Å². The van der Waals surface area contributed by atoms with Crippen LogP contribution in [0.5, 0.6) is 0 Å². The van der Waals surface area contributed by atoms with Crippen molar-refractivity contribution in [2.75, 3.05) is 0 Å². The minimum atomic E-state index is -0.538. The normalized spacial score (nSPS) is 12.6. The van der Waals surface area contributed by atoms with Gasteiger partial charge in [-0.1, -0.05) is 77.6 Å². The van der Waals surface area contributed by atoms with Gasteiger partial charge in [-0.3, -0.25) is 4.79 Å². The summed E-state index contributed by atoms with van der Waals surface area (Å²) in [6.07, 6.45) is 14.6. The lowest BCUT2D eigenvalue weighted by atomic mass is 10.0. The van der Waals surface area contributed by atoms with Gasteiger partial charge in [-0.05, 0) is 18.0 Å². The molecule has 0 fully saturated rings. The predicted octanol–water partition coefficient (Wildman–Crippen LogP) is 5.20. The largest absolute Gasteiger partial charge is 0.393 e. The summed E-state index contributed by atoms with van der Waals surface area (Å²) < 4.78 is 0. The molecule has 0 heterocycles. The monoisotopic (exact) mass is 290 g/mol. The summed E-state index contributed by atoms with van der Waals surface area (Å²) in [5.41, 5.74) is 0. The molecule has 0 radical (unpaired) electrons. The summed E-state index contributed by atoms with van der Waals surface area (Å²) in [4.78, 5) is 10.6. The van der Waals surface area contributed by atoms with Crippen LogP contribution in [0.2, 0.25) is 0 Å². The van der Waals surface area contributed by atoms with Gasteiger partial charge in [-0.15, -0.1) is 0 Å². The topological polar surface area (TPSA) is 37.3 Å². The lowest BCUT2D eigenvalue weighted by molar-refractivity contribution is -0.113. The number of rotatable bonds is 14. The lowest BCUT2D eigenvalue weighted by Crippen LogP contribution is -2.09. The fourth-order valence-corrected chi connectivity index (χ4v) is 2.51. The van der Waals surface area contributed by atoms with Gasteiger partial charge in [0, 0.05) is 6.42 Å². The van der Waals surface area contributed by atoms with E-state index in [1.54, 1.807) is 0 Å². The fraction of sp³-hybridized carbons (Fsp3) is 0.938. The maximum Gasteiger partial charge on any atom is 0.224 e. The van der Waals surface area contributed by atoms with Crippen LogP contribution in [0.4, 0.5) is 0 Å². The third-order valence-corrected chi connectivity index (χ3v) is 3.69. The summed E-state index contributed by atoms with van der Waals surface area (Å²) in [5, 5.41) is 9.02. The fourth-order valence-electron chi connectivity index (χ4n) is 2.33. The van der Waals surface area contributed by atoms with Gasteiger partial charge in [0.15, 0.2) is 0 Å². The van der Waals surface area contributed by atoms with Crippen LogP contribution in [0.15, 0.2) is 0 Å². The van der Waals surface area contributed by atoms with Gasteiger partial charge in [-0.25, -0.2) is 0 Å². The Morgan fingerprint density at radius 1 is 0.895 bits per heavy atom. The van der Waals surface area contributed by atoms with Crippen molar-refractivity contribution >= 4 is 16.8 Å². The van der Waals surface area contributed by atoms with E-state index in [9.17, 15) is 9.90 Å². The maximum atomic E-state index is 10.6. The highest BCUT2D eigenvalue weighted by Crippen LogP contribution is 2.13. The van der Waals surface area contributed by atoms with Gasteiger partial charge >= 0.3 is 0 Å². The molecule has 0 spiro atoms. The van der Waals surface area contributed by atoms with Gasteiger partial charge in [0.05, 0.1) is 6.10 Å². The standard InChI is InChI=1S/C16H31ClO2/c1-2-3-4-5-6-7-8-9-10-11-12-13-15(18)14-16(17)19/h15,18H,2-14H2,1H3. The first kappa shape index (κ1) is 18.9. The second-order valence-corrected chi connectivity index (χ2v) is 5.96. The van der Waals surface area contributed by atoms with Crippen molar-refractivity contribution in [2.45, 2.75) is 96.5 Å². The highest BCUT2D eigenvalue weighted by Gasteiger charge is 2.07. The van der Waals surface area contributed by atoms with Crippen molar-refractivity contribution in [1.29, 1.82) is 0 Å². The minimum absolute atomic E-state index is 0.0965. The zero-order valence-electron chi connectivity index (χ0n) is 12.5. The molecule has 0 bridgehead atoms. The number of unbranched alkanes of at least 4 members (excludes halogenated alkanes) is 10. The molecule has 0 aliphatic carbocycles. The van der Waals surface area contributed by atoms with E-state index in [4.69, 9.17) is 11.6 Å². The zero-order chi connectivity index (χ0) is 14.3. The van der Waals surface area contributed by atoms with Gasteiger partial charge < -0.3 is 5.11 Å². The third kappa shape index (κ3) is 15.9. The van der Waals surface area contributed by atoms with E-state index in [1.165, 1.54) is 57.8 Å². The molecule has 0 aromatic rings. The Bertz CT molecular complexity index is 207. The van der Waals surface area contributed by atoms with Crippen LogP contribution >= 0.6 is 11.6 Å². The molecule has 0 saturated carbocycles. The van der Waals surface area contributed by atoms with Crippen molar-refractivity contribution in [1.82, 2.24) is 0 Å². The van der Waals surface area contributed by atoms with Crippen LogP contribution in [-0.4, -0.2) is 16.5 Å². The minimum Gasteiger partial charge on any atom is -0.393 e. The highest BCUT2D eigenvalue weighted by molar-refractivity contribution is 6.63. The second kappa shape index (κ2) is 14.3. The molecule has 3 heteroatoms. The molecule has 0 saturated heterocycles. The first-order valence-corrected chi connectivity index (χ1v) is 8.41. The maximum absolute atomic E-state index is 10.6. The van der Waals surface area contributed by atoms with E-state index in [2.05, 4.69) is 6.92 Å². The second-order valence-electron chi connectivity index (χ2n) is 5.54. The van der Waals surface area contributed by atoms with E-state index in [1.807, 2.05) is 0 Å². The molecule has 0 aliphatic rings. The van der Waals surface area contributed by atoms with E-state index in [0.717, 1.165) is 12.8 Å². The van der Waals surface area contributed by atoms with Crippen molar-refractivity contribution in [3.8, 4) is 0 Å². The SMILES string of the molecule is CCCCCCCCCCCCCC(O)CC(=O)Cl. The third-order valence-electron chi connectivity index (χ3n) is 3.54. The van der Waals surface area contributed by atoms with Gasteiger partial charge in [-0.2, -0.15) is 0 Å². The van der Waals surface area contributed by atoms with Crippen LogP contribution < -0.4 is 0 Å². The molecule has 19 heavy (non-hydrogen) atoms. The first-order chi connectivity index (χ1) is 9.16. The summed E-state index contributed by atoms with van der Waals surface area (Å²) >= 11 is 5.22. The van der Waals surface area contributed by atoms with Crippen LogP contribution in [0.25, 0.3) is 0 Å². The molecular formula is C16H31ClO2. The van der Waals surface area contributed by atoms with E-state index in [-0.39, 0.29) is 6.42 Å². The summed E-state index contributed by atoms with van der Waals surface area (Å²) in [7, 11) is 0. The summed E-state index contributed by atoms with van der Waals surface area (Å²) in [6, 6.07) is 0. The number of carbonyl (C=O) groups is 1. The lowest BCUT2D eigenvalue weighted by Gasteiger charge is -2.07. The van der Waals surface area contributed by atoms with Gasteiger partial charge in [0.25, 0.3) is 0 Å². The number of carbonyl (C=O) groups excluding carboxylic acids is 1. The van der Waals surface area contributed by atoms with Crippen molar-refractivity contribution < 1.29 is 9.90 Å². The molecule has 114 valence electrons.